The number of carbonyl (C=O) groups excluding carboxylic acids is 1. The minimum absolute atomic E-state index is 0.242. The average molecular weight is 291 g/mol. The van der Waals surface area contributed by atoms with Gasteiger partial charge in [-0.2, -0.15) is 0 Å². The van der Waals surface area contributed by atoms with Crippen molar-refractivity contribution in [3.05, 3.63) is 23.8 Å². The Labute approximate surface area is 124 Å². The van der Waals surface area contributed by atoms with Crippen LogP contribution in [0.25, 0.3) is 0 Å². The molecule has 21 heavy (non-hydrogen) atoms. The molecule has 3 atom stereocenters. The Morgan fingerprint density at radius 3 is 2.57 bits per heavy atom. The summed E-state index contributed by atoms with van der Waals surface area (Å²) in [4.78, 5) is 23.7. The Morgan fingerprint density at radius 2 is 1.95 bits per heavy atom. The van der Waals surface area contributed by atoms with Crippen LogP contribution in [0.2, 0.25) is 0 Å². The quantitative estimate of drug-likeness (QED) is 0.894. The monoisotopic (exact) mass is 291 g/mol. The van der Waals surface area contributed by atoms with Gasteiger partial charge in [-0.25, -0.2) is 0 Å². The Hall–Kier alpha value is -2.04. The van der Waals surface area contributed by atoms with Gasteiger partial charge in [0.2, 0.25) is 5.91 Å². The predicted molar refractivity (Wildman–Crippen MR) is 79.4 cm³/mol. The van der Waals surface area contributed by atoms with E-state index in [1.54, 1.807) is 13.2 Å². The zero-order valence-corrected chi connectivity index (χ0v) is 12.6. The van der Waals surface area contributed by atoms with E-state index in [0.717, 1.165) is 5.56 Å². The predicted octanol–water partition coefficient (Wildman–Crippen LogP) is 2.69. The van der Waals surface area contributed by atoms with Gasteiger partial charge in [0.05, 0.1) is 24.6 Å². The highest BCUT2D eigenvalue weighted by molar-refractivity contribution is 5.96. The van der Waals surface area contributed by atoms with Crippen LogP contribution in [0.4, 0.5) is 5.69 Å². The van der Waals surface area contributed by atoms with Crippen molar-refractivity contribution in [1.82, 2.24) is 0 Å². The normalized spacial score (nSPS) is 24.6. The number of aryl methyl sites for hydroxylation is 1. The maximum absolute atomic E-state index is 12.4. The van der Waals surface area contributed by atoms with Crippen LogP contribution in [0.3, 0.4) is 0 Å². The van der Waals surface area contributed by atoms with Crippen molar-refractivity contribution in [1.29, 1.82) is 0 Å². The number of anilines is 1. The van der Waals surface area contributed by atoms with E-state index in [0.29, 0.717) is 24.3 Å². The van der Waals surface area contributed by atoms with Crippen molar-refractivity contribution in [2.45, 2.75) is 26.7 Å². The molecule has 1 saturated carbocycles. The molecule has 0 saturated heterocycles. The van der Waals surface area contributed by atoms with Gasteiger partial charge < -0.3 is 15.2 Å². The number of rotatable bonds is 4. The molecule has 0 heterocycles. The molecule has 0 bridgehead atoms. The molecule has 1 amide bonds. The molecule has 5 heteroatoms. The zero-order valence-electron chi connectivity index (χ0n) is 12.6. The van der Waals surface area contributed by atoms with Crippen LogP contribution >= 0.6 is 0 Å². The molecule has 114 valence electrons. The molecule has 0 aromatic heterocycles. The lowest BCUT2D eigenvalue weighted by molar-refractivity contribution is -0.145. The van der Waals surface area contributed by atoms with Gasteiger partial charge in [-0.1, -0.05) is 13.0 Å². The Balaban J connectivity index is 2.16. The summed E-state index contributed by atoms with van der Waals surface area (Å²) in [5.74, 6) is -1.38. The fourth-order valence-electron chi connectivity index (χ4n) is 2.98. The van der Waals surface area contributed by atoms with Crippen molar-refractivity contribution >= 4 is 17.6 Å². The molecule has 2 rings (SSSR count). The van der Waals surface area contributed by atoms with Gasteiger partial charge >= 0.3 is 5.97 Å². The van der Waals surface area contributed by atoms with Crippen LogP contribution in [0.15, 0.2) is 18.2 Å². The van der Waals surface area contributed by atoms with E-state index in [1.165, 1.54) is 0 Å². The highest BCUT2D eigenvalue weighted by atomic mass is 16.5. The van der Waals surface area contributed by atoms with E-state index in [2.05, 4.69) is 5.32 Å². The highest BCUT2D eigenvalue weighted by Gasteiger charge is 2.41. The summed E-state index contributed by atoms with van der Waals surface area (Å²) >= 11 is 0. The number of amides is 1. The van der Waals surface area contributed by atoms with Crippen molar-refractivity contribution in [2.24, 2.45) is 17.8 Å². The second-order valence-electron chi connectivity index (χ2n) is 5.82. The van der Waals surface area contributed by atoms with E-state index in [1.807, 2.05) is 26.0 Å². The lowest BCUT2D eigenvalue weighted by Crippen LogP contribution is -2.30. The molecule has 0 spiro atoms. The number of carboxylic acid groups (broad SMARTS) is 1. The van der Waals surface area contributed by atoms with Crippen LogP contribution in [0.5, 0.6) is 5.75 Å². The molecule has 0 radical (unpaired) electrons. The maximum Gasteiger partial charge on any atom is 0.307 e. The topological polar surface area (TPSA) is 75.6 Å². The first kappa shape index (κ1) is 15.4. The zero-order chi connectivity index (χ0) is 15.6. The molecule has 1 aliphatic rings. The van der Waals surface area contributed by atoms with Crippen LogP contribution < -0.4 is 10.1 Å². The van der Waals surface area contributed by atoms with Gasteiger partial charge in [-0.15, -0.1) is 0 Å². The molecular weight excluding hydrogens is 270 g/mol. The second kappa shape index (κ2) is 6.16. The SMILES string of the molecule is COc1cc(C)ccc1NC(=O)[C@H]1CC(C)C[C@H]1C(=O)O. The second-order valence-corrected chi connectivity index (χ2v) is 5.82. The summed E-state index contributed by atoms with van der Waals surface area (Å²) < 4.78 is 5.25. The van der Waals surface area contributed by atoms with E-state index < -0.39 is 17.8 Å². The van der Waals surface area contributed by atoms with Crippen LogP contribution in [-0.4, -0.2) is 24.1 Å². The van der Waals surface area contributed by atoms with Gasteiger partial charge in [-0.05, 0) is 43.4 Å². The average Bonchev–Trinajstić information content (AvgIpc) is 2.83. The number of hydrogen-bond acceptors (Lipinski definition) is 3. The Kier molecular flexibility index (Phi) is 4.50. The minimum atomic E-state index is -0.893. The van der Waals surface area contributed by atoms with Crippen LogP contribution in [-0.2, 0) is 9.59 Å². The van der Waals surface area contributed by atoms with Gasteiger partial charge in [0.25, 0.3) is 0 Å². The molecule has 0 aliphatic heterocycles. The number of carboxylic acids is 1. The van der Waals surface area contributed by atoms with E-state index in [9.17, 15) is 14.7 Å². The third-order valence-electron chi connectivity index (χ3n) is 4.07. The van der Waals surface area contributed by atoms with Gasteiger partial charge in [0.1, 0.15) is 5.75 Å². The smallest absolute Gasteiger partial charge is 0.307 e. The van der Waals surface area contributed by atoms with E-state index in [-0.39, 0.29) is 11.8 Å². The van der Waals surface area contributed by atoms with Crippen molar-refractivity contribution in [2.75, 3.05) is 12.4 Å². The van der Waals surface area contributed by atoms with Crippen molar-refractivity contribution < 1.29 is 19.4 Å². The molecule has 1 aliphatic carbocycles. The number of ether oxygens (including phenoxy) is 1. The van der Waals surface area contributed by atoms with Gasteiger partial charge in [0, 0.05) is 0 Å². The number of benzene rings is 1. The number of hydrogen-bond donors (Lipinski definition) is 2. The first-order chi connectivity index (χ1) is 9.92. The largest absolute Gasteiger partial charge is 0.495 e. The van der Waals surface area contributed by atoms with Crippen LogP contribution in [0.1, 0.15) is 25.3 Å². The minimum Gasteiger partial charge on any atom is -0.495 e. The number of carbonyl (C=O) groups is 2. The molecule has 1 fully saturated rings. The first-order valence-corrected chi connectivity index (χ1v) is 7.10. The number of aliphatic carboxylic acids is 1. The summed E-state index contributed by atoms with van der Waals surface area (Å²) in [6.45, 7) is 3.92. The Morgan fingerprint density at radius 1 is 1.29 bits per heavy atom. The fourth-order valence-corrected chi connectivity index (χ4v) is 2.98. The molecule has 2 N–H and O–H groups in total. The molecule has 1 unspecified atom stereocenters. The third-order valence-corrected chi connectivity index (χ3v) is 4.07. The third kappa shape index (κ3) is 3.35. The first-order valence-electron chi connectivity index (χ1n) is 7.10. The van der Waals surface area contributed by atoms with Crippen LogP contribution in [0, 0.1) is 24.7 Å². The summed E-state index contributed by atoms with van der Waals surface area (Å²) in [7, 11) is 1.54. The van der Waals surface area contributed by atoms with Gasteiger partial charge in [-0.3, -0.25) is 9.59 Å². The maximum atomic E-state index is 12.4. The standard InChI is InChI=1S/C16H21NO4/c1-9-4-5-13(14(8-9)21-3)17-15(18)11-6-10(2)7-12(11)16(19)20/h4-5,8,10-12H,6-7H2,1-3H3,(H,17,18)(H,19,20)/t10?,11-,12+/m0/s1. The van der Waals surface area contributed by atoms with E-state index >= 15 is 0 Å². The summed E-state index contributed by atoms with van der Waals surface area (Å²) in [6, 6.07) is 5.49. The lowest BCUT2D eigenvalue weighted by Gasteiger charge is -2.17. The van der Waals surface area contributed by atoms with Crippen molar-refractivity contribution in [3.8, 4) is 5.75 Å². The number of methoxy groups -OCH3 is 1. The molecular formula is C16H21NO4. The summed E-state index contributed by atoms with van der Waals surface area (Å²) in [6.07, 6.45) is 1.16. The molecule has 1 aromatic carbocycles. The fraction of sp³-hybridized carbons (Fsp3) is 0.500. The van der Waals surface area contributed by atoms with E-state index in [4.69, 9.17) is 4.74 Å². The molecule has 5 nitrogen and oxygen atoms in total. The Bertz CT molecular complexity index is 555. The van der Waals surface area contributed by atoms with Crippen molar-refractivity contribution in [3.63, 3.8) is 0 Å². The molecule has 1 aromatic rings. The summed E-state index contributed by atoms with van der Waals surface area (Å²) in [5, 5.41) is 12.1. The highest BCUT2D eigenvalue weighted by Crippen LogP contribution is 2.37. The number of nitrogens with one attached hydrogen (secondary N) is 1. The van der Waals surface area contributed by atoms with Gasteiger partial charge in [0.15, 0.2) is 0 Å². The summed E-state index contributed by atoms with van der Waals surface area (Å²) in [5.41, 5.74) is 1.61. The lowest BCUT2D eigenvalue weighted by atomic mass is 9.95.